The van der Waals surface area contributed by atoms with Gasteiger partial charge in [-0.2, -0.15) is 9.78 Å². The summed E-state index contributed by atoms with van der Waals surface area (Å²) < 4.78 is 8.01. The average Bonchev–Trinajstić information content (AvgIpc) is 2.89. The molecule has 0 spiro atoms. The number of rotatable bonds is 6. The van der Waals surface area contributed by atoms with E-state index in [1.165, 1.54) is 10.9 Å². The molecule has 5 aromatic rings. The highest BCUT2D eigenvalue weighted by atomic mass is 79.9. The fraction of sp³-hybridized carbons (Fsp3) is 0.0357. The van der Waals surface area contributed by atoms with Gasteiger partial charge in [0.2, 0.25) is 0 Å². The molecule has 0 aliphatic heterocycles. The molecule has 1 heterocycles. The zero-order valence-electron chi connectivity index (χ0n) is 19.0. The molecule has 0 bridgehead atoms. The van der Waals surface area contributed by atoms with E-state index in [0.29, 0.717) is 47.6 Å². The molecule has 0 amide bonds. The van der Waals surface area contributed by atoms with Crippen LogP contribution in [0.25, 0.3) is 22.3 Å². The predicted molar refractivity (Wildman–Crippen MR) is 154 cm³/mol. The Labute approximate surface area is 236 Å². The normalized spacial score (nSPS) is 11.4. The van der Waals surface area contributed by atoms with Crippen molar-refractivity contribution in [1.82, 2.24) is 9.66 Å². The van der Waals surface area contributed by atoms with Gasteiger partial charge < -0.3 is 4.74 Å². The Morgan fingerprint density at radius 3 is 2.46 bits per heavy atom. The molecule has 1 aromatic heterocycles. The second-order valence-corrected chi connectivity index (χ2v) is 10.1. The number of benzene rings is 4. The first-order chi connectivity index (χ1) is 17.9. The first-order valence-electron chi connectivity index (χ1n) is 11.1. The van der Waals surface area contributed by atoms with Crippen LogP contribution in [0.2, 0.25) is 15.1 Å². The van der Waals surface area contributed by atoms with Crippen LogP contribution in [0.5, 0.6) is 5.75 Å². The maximum Gasteiger partial charge on any atom is 0.282 e. The molecule has 37 heavy (non-hydrogen) atoms. The maximum absolute atomic E-state index is 13.5. The third-order valence-electron chi connectivity index (χ3n) is 5.52. The van der Waals surface area contributed by atoms with E-state index in [1.807, 2.05) is 36.4 Å². The Hall–Kier alpha value is -3.16. The summed E-state index contributed by atoms with van der Waals surface area (Å²) in [6.07, 6.45) is 1.53. The highest BCUT2D eigenvalue weighted by Crippen LogP contribution is 2.33. The van der Waals surface area contributed by atoms with Gasteiger partial charge in [0.1, 0.15) is 12.4 Å². The molecule has 0 saturated heterocycles. The summed E-state index contributed by atoms with van der Waals surface area (Å²) in [5.41, 5.74) is 2.37. The molecule has 0 unspecified atom stereocenters. The van der Waals surface area contributed by atoms with Crippen LogP contribution >= 0.6 is 50.7 Å². The minimum absolute atomic E-state index is 0.184. The molecule has 0 atom stereocenters. The van der Waals surface area contributed by atoms with Gasteiger partial charge in [-0.05, 0) is 52.3 Å². The van der Waals surface area contributed by atoms with Gasteiger partial charge in [-0.3, -0.25) is 4.79 Å². The second kappa shape index (κ2) is 11.1. The molecule has 0 radical (unpaired) electrons. The van der Waals surface area contributed by atoms with E-state index >= 15 is 0 Å². The van der Waals surface area contributed by atoms with Gasteiger partial charge in [0.05, 0.1) is 21.6 Å². The SMILES string of the molecule is O=c1c2ccccc2nc(-c2ccccc2)n1N=Cc1cc(Cl)cc(Br)c1OCc1ccc(Cl)cc1Cl. The molecule has 5 nitrogen and oxygen atoms in total. The highest BCUT2D eigenvalue weighted by Gasteiger charge is 2.14. The average molecular weight is 614 g/mol. The van der Waals surface area contributed by atoms with Crippen LogP contribution in [0.15, 0.2) is 99.3 Å². The summed E-state index contributed by atoms with van der Waals surface area (Å²) in [5.74, 6) is 0.902. The lowest BCUT2D eigenvalue weighted by atomic mass is 10.2. The van der Waals surface area contributed by atoms with Crippen molar-refractivity contribution in [2.75, 3.05) is 0 Å². The summed E-state index contributed by atoms with van der Waals surface area (Å²) in [6, 6.07) is 25.2. The standard InChI is InChI=1S/C28H17BrCl3N3O2/c29-23-13-21(31)12-19(26(23)37-16-18-10-11-20(30)14-24(18)32)15-33-35-27(17-6-2-1-3-7-17)34-25-9-5-4-8-22(25)28(35)36/h1-15H,16H2. The van der Waals surface area contributed by atoms with Crippen LogP contribution < -0.4 is 10.3 Å². The predicted octanol–water partition coefficient (Wildman–Crippen LogP) is 8.25. The van der Waals surface area contributed by atoms with Crippen LogP contribution in [0, 0.1) is 0 Å². The van der Waals surface area contributed by atoms with Crippen molar-refractivity contribution in [2.45, 2.75) is 6.61 Å². The van der Waals surface area contributed by atoms with Gasteiger partial charge in [-0.15, -0.1) is 0 Å². The van der Waals surface area contributed by atoms with Crippen LogP contribution in [0.4, 0.5) is 0 Å². The quantitative estimate of drug-likeness (QED) is 0.181. The monoisotopic (exact) mass is 611 g/mol. The van der Waals surface area contributed by atoms with Crippen LogP contribution in [-0.2, 0) is 6.61 Å². The van der Waals surface area contributed by atoms with E-state index in [2.05, 4.69) is 21.0 Å². The molecule has 9 heteroatoms. The highest BCUT2D eigenvalue weighted by molar-refractivity contribution is 9.10. The molecule has 184 valence electrons. The minimum atomic E-state index is -0.294. The molecule has 5 rings (SSSR count). The second-order valence-electron chi connectivity index (χ2n) is 8.01. The lowest BCUT2D eigenvalue weighted by molar-refractivity contribution is 0.304. The van der Waals surface area contributed by atoms with Gasteiger partial charge in [-0.1, -0.05) is 83.3 Å². The van der Waals surface area contributed by atoms with Crippen molar-refractivity contribution in [3.8, 4) is 17.1 Å². The van der Waals surface area contributed by atoms with E-state index in [1.54, 1.807) is 48.5 Å². The fourth-order valence-electron chi connectivity index (χ4n) is 3.74. The molecular formula is C28H17BrCl3N3O2. The van der Waals surface area contributed by atoms with Crippen molar-refractivity contribution in [3.05, 3.63) is 126 Å². The van der Waals surface area contributed by atoms with E-state index < -0.39 is 0 Å². The number of halogens is 4. The first-order valence-corrected chi connectivity index (χ1v) is 13.0. The zero-order chi connectivity index (χ0) is 25.9. The van der Waals surface area contributed by atoms with Crippen LogP contribution in [-0.4, -0.2) is 15.9 Å². The Balaban J connectivity index is 1.59. The zero-order valence-corrected chi connectivity index (χ0v) is 22.9. The van der Waals surface area contributed by atoms with Crippen molar-refractivity contribution >= 4 is 67.9 Å². The molecule has 4 aromatic carbocycles. The number of nitrogens with zero attached hydrogens (tertiary/aromatic N) is 3. The molecular weight excluding hydrogens is 597 g/mol. The summed E-state index contributed by atoms with van der Waals surface area (Å²) in [7, 11) is 0. The van der Waals surface area contributed by atoms with Crippen molar-refractivity contribution in [2.24, 2.45) is 5.10 Å². The van der Waals surface area contributed by atoms with Crippen molar-refractivity contribution < 1.29 is 4.74 Å². The molecule has 0 saturated carbocycles. The Bertz CT molecular complexity index is 1710. The molecule has 0 N–H and O–H groups in total. The number of para-hydroxylation sites is 1. The summed E-state index contributed by atoms with van der Waals surface area (Å²) in [4.78, 5) is 18.2. The topological polar surface area (TPSA) is 56.5 Å². The summed E-state index contributed by atoms with van der Waals surface area (Å²) in [6.45, 7) is 0.184. The smallest absolute Gasteiger partial charge is 0.282 e. The maximum atomic E-state index is 13.5. The van der Waals surface area contributed by atoms with Crippen molar-refractivity contribution in [3.63, 3.8) is 0 Å². The lowest BCUT2D eigenvalue weighted by Crippen LogP contribution is -2.20. The number of aromatic nitrogens is 2. The minimum Gasteiger partial charge on any atom is -0.487 e. The third-order valence-corrected chi connectivity index (χ3v) is 6.92. The molecule has 0 fully saturated rings. The van der Waals surface area contributed by atoms with E-state index in [9.17, 15) is 4.79 Å². The first kappa shape index (κ1) is 25.5. The lowest BCUT2D eigenvalue weighted by Gasteiger charge is -2.13. The van der Waals surface area contributed by atoms with Crippen LogP contribution in [0.1, 0.15) is 11.1 Å². The third kappa shape index (κ3) is 5.58. The number of ether oxygens (including phenoxy) is 1. The van der Waals surface area contributed by atoms with E-state index in [0.717, 1.165) is 11.1 Å². The number of hydrogen-bond acceptors (Lipinski definition) is 4. The van der Waals surface area contributed by atoms with Gasteiger partial charge in [0.25, 0.3) is 5.56 Å². The van der Waals surface area contributed by atoms with Crippen LogP contribution in [0.3, 0.4) is 0 Å². The number of fused-ring (bicyclic) bond motifs is 1. The Kier molecular flexibility index (Phi) is 7.63. The van der Waals surface area contributed by atoms with E-state index in [4.69, 9.17) is 44.5 Å². The van der Waals surface area contributed by atoms with Gasteiger partial charge in [0, 0.05) is 31.8 Å². The molecule has 0 aliphatic rings. The van der Waals surface area contributed by atoms with Gasteiger partial charge in [-0.25, -0.2) is 4.98 Å². The van der Waals surface area contributed by atoms with E-state index in [-0.39, 0.29) is 12.2 Å². The fourth-order valence-corrected chi connectivity index (χ4v) is 5.15. The largest absolute Gasteiger partial charge is 0.487 e. The Morgan fingerprint density at radius 1 is 0.919 bits per heavy atom. The van der Waals surface area contributed by atoms with Crippen molar-refractivity contribution in [1.29, 1.82) is 0 Å². The van der Waals surface area contributed by atoms with Gasteiger partial charge in [0.15, 0.2) is 5.82 Å². The Morgan fingerprint density at radius 2 is 1.68 bits per heavy atom. The van der Waals surface area contributed by atoms with Gasteiger partial charge >= 0.3 is 0 Å². The summed E-state index contributed by atoms with van der Waals surface area (Å²) >= 11 is 22.2. The molecule has 0 aliphatic carbocycles. The summed E-state index contributed by atoms with van der Waals surface area (Å²) in [5, 5.41) is 6.51. The number of hydrogen-bond donors (Lipinski definition) is 0.